The number of fused-ring (bicyclic) bond motifs is 2. The molecule has 8 heteroatoms. The first kappa shape index (κ1) is 18.7. The first-order valence-corrected chi connectivity index (χ1v) is 9.50. The van der Waals surface area contributed by atoms with Gasteiger partial charge < -0.3 is 5.32 Å². The highest BCUT2D eigenvalue weighted by Gasteiger charge is 2.22. The first-order valence-electron chi connectivity index (χ1n) is 9.50. The van der Waals surface area contributed by atoms with E-state index in [-0.39, 0.29) is 11.6 Å². The van der Waals surface area contributed by atoms with E-state index in [1.54, 1.807) is 10.6 Å². The highest BCUT2D eigenvalue weighted by Crippen LogP contribution is 2.23. The number of urea groups is 1. The van der Waals surface area contributed by atoms with Crippen molar-refractivity contribution in [3.05, 3.63) is 70.4 Å². The van der Waals surface area contributed by atoms with Crippen molar-refractivity contribution in [2.75, 3.05) is 5.32 Å². The SMILES string of the molecule is CC1CCCc2ncc(C(=O)NNC(=O)Nc3cccc4ccccc34)c(=O)n21. The van der Waals surface area contributed by atoms with Crippen LogP contribution in [0, 0.1) is 0 Å². The topological polar surface area (TPSA) is 105 Å². The molecule has 0 aliphatic carbocycles. The zero-order valence-corrected chi connectivity index (χ0v) is 15.9. The molecule has 148 valence electrons. The summed E-state index contributed by atoms with van der Waals surface area (Å²) in [7, 11) is 0. The zero-order chi connectivity index (χ0) is 20.4. The Labute approximate surface area is 166 Å². The Balaban J connectivity index is 1.45. The quantitative estimate of drug-likeness (QED) is 0.584. The largest absolute Gasteiger partial charge is 0.337 e. The maximum absolute atomic E-state index is 12.7. The molecule has 0 spiro atoms. The maximum atomic E-state index is 12.7. The van der Waals surface area contributed by atoms with Gasteiger partial charge in [0.05, 0.1) is 5.69 Å². The first-order chi connectivity index (χ1) is 14.0. The van der Waals surface area contributed by atoms with Gasteiger partial charge in [0.2, 0.25) is 0 Å². The van der Waals surface area contributed by atoms with E-state index in [0.717, 1.165) is 23.6 Å². The van der Waals surface area contributed by atoms with Crippen LogP contribution in [-0.2, 0) is 6.42 Å². The second-order valence-electron chi connectivity index (χ2n) is 7.06. The highest BCUT2D eigenvalue weighted by molar-refractivity contribution is 6.02. The van der Waals surface area contributed by atoms with Gasteiger partial charge in [-0.25, -0.2) is 15.2 Å². The summed E-state index contributed by atoms with van der Waals surface area (Å²) in [4.78, 5) is 41.6. The molecule has 0 saturated carbocycles. The second-order valence-corrected chi connectivity index (χ2v) is 7.06. The van der Waals surface area contributed by atoms with Crippen LogP contribution < -0.4 is 21.7 Å². The predicted octanol–water partition coefficient (Wildman–Crippen LogP) is 2.76. The number of hydrogen-bond donors (Lipinski definition) is 3. The Morgan fingerprint density at radius 3 is 2.76 bits per heavy atom. The van der Waals surface area contributed by atoms with Crippen molar-refractivity contribution in [3.8, 4) is 0 Å². The van der Waals surface area contributed by atoms with Crippen LogP contribution in [0.4, 0.5) is 10.5 Å². The molecular formula is C21H21N5O3. The number of carbonyl (C=O) groups excluding carboxylic acids is 2. The third-order valence-electron chi connectivity index (χ3n) is 5.11. The van der Waals surface area contributed by atoms with Gasteiger partial charge in [-0.2, -0.15) is 0 Å². The molecule has 1 unspecified atom stereocenters. The van der Waals surface area contributed by atoms with Gasteiger partial charge in [0.1, 0.15) is 11.4 Å². The number of carbonyl (C=O) groups is 2. The molecule has 29 heavy (non-hydrogen) atoms. The summed E-state index contributed by atoms with van der Waals surface area (Å²) in [5.41, 5.74) is 4.68. The number of amides is 3. The average molecular weight is 391 g/mol. The maximum Gasteiger partial charge on any atom is 0.337 e. The summed E-state index contributed by atoms with van der Waals surface area (Å²) in [6, 6.07) is 12.5. The summed E-state index contributed by atoms with van der Waals surface area (Å²) in [5.74, 6) is -0.0180. The highest BCUT2D eigenvalue weighted by atomic mass is 16.2. The molecule has 1 atom stereocenters. The van der Waals surface area contributed by atoms with Crippen LogP contribution in [0.25, 0.3) is 10.8 Å². The molecule has 3 N–H and O–H groups in total. The fourth-order valence-corrected chi connectivity index (χ4v) is 3.65. The number of benzene rings is 2. The minimum Gasteiger partial charge on any atom is -0.306 e. The Morgan fingerprint density at radius 1 is 1.10 bits per heavy atom. The third kappa shape index (κ3) is 3.69. The van der Waals surface area contributed by atoms with E-state index in [1.165, 1.54) is 6.20 Å². The van der Waals surface area contributed by atoms with Gasteiger partial charge in [-0.05, 0) is 31.2 Å². The van der Waals surface area contributed by atoms with E-state index < -0.39 is 17.5 Å². The summed E-state index contributed by atoms with van der Waals surface area (Å²) in [6.45, 7) is 1.93. The Bertz CT molecular complexity index is 1150. The molecule has 8 nitrogen and oxygen atoms in total. The standard InChI is InChI=1S/C21H21N5O3/c1-13-6-4-11-18-22-12-16(20(28)26(13)18)19(27)24-25-21(29)23-17-10-5-8-14-7-2-3-9-15(14)17/h2-3,5,7-10,12-13H,4,6,11H2,1H3,(H,24,27)(H2,23,25,29). The Kier molecular flexibility index (Phi) is 4.99. The fourth-order valence-electron chi connectivity index (χ4n) is 3.65. The van der Waals surface area contributed by atoms with Crippen LogP contribution in [0.2, 0.25) is 0 Å². The van der Waals surface area contributed by atoms with E-state index in [1.807, 2.05) is 43.3 Å². The van der Waals surface area contributed by atoms with Crippen molar-refractivity contribution < 1.29 is 9.59 Å². The van der Waals surface area contributed by atoms with Crippen LogP contribution in [0.15, 0.2) is 53.5 Å². The third-order valence-corrected chi connectivity index (χ3v) is 5.11. The minimum absolute atomic E-state index is 0.00544. The monoisotopic (exact) mass is 391 g/mol. The van der Waals surface area contributed by atoms with Gasteiger partial charge >= 0.3 is 6.03 Å². The number of nitrogens with zero attached hydrogens (tertiary/aromatic N) is 2. The molecule has 0 fully saturated rings. The summed E-state index contributed by atoms with van der Waals surface area (Å²) < 4.78 is 1.56. The molecule has 0 bridgehead atoms. The molecular weight excluding hydrogens is 370 g/mol. The van der Waals surface area contributed by atoms with Crippen molar-refractivity contribution in [2.24, 2.45) is 0 Å². The lowest BCUT2D eigenvalue weighted by atomic mass is 10.1. The van der Waals surface area contributed by atoms with Gasteiger partial charge in [-0.3, -0.25) is 19.6 Å². The van der Waals surface area contributed by atoms with E-state index in [2.05, 4.69) is 21.2 Å². The lowest BCUT2D eigenvalue weighted by molar-refractivity contribution is 0.0934. The van der Waals surface area contributed by atoms with Crippen molar-refractivity contribution in [1.29, 1.82) is 0 Å². The van der Waals surface area contributed by atoms with Crippen LogP contribution >= 0.6 is 0 Å². The smallest absolute Gasteiger partial charge is 0.306 e. The Morgan fingerprint density at radius 2 is 1.90 bits per heavy atom. The number of nitrogens with one attached hydrogen (secondary N) is 3. The van der Waals surface area contributed by atoms with Crippen LogP contribution in [0.3, 0.4) is 0 Å². The lowest BCUT2D eigenvalue weighted by Gasteiger charge is -2.24. The van der Waals surface area contributed by atoms with Gasteiger partial charge in [0, 0.05) is 24.0 Å². The normalized spacial score (nSPS) is 15.4. The fraction of sp³-hybridized carbons (Fsp3) is 0.238. The van der Waals surface area contributed by atoms with E-state index >= 15 is 0 Å². The van der Waals surface area contributed by atoms with Gasteiger partial charge in [-0.15, -0.1) is 0 Å². The molecule has 1 aliphatic heterocycles. The number of hydrogen-bond acceptors (Lipinski definition) is 4. The zero-order valence-electron chi connectivity index (χ0n) is 15.9. The van der Waals surface area contributed by atoms with Crippen LogP contribution in [0.5, 0.6) is 0 Å². The summed E-state index contributed by atoms with van der Waals surface area (Å²) in [6.07, 6.45) is 3.82. The number of aromatic nitrogens is 2. The number of rotatable bonds is 2. The lowest BCUT2D eigenvalue weighted by Crippen LogP contribution is -2.46. The van der Waals surface area contributed by atoms with Crippen LogP contribution in [-0.4, -0.2) is 21.5 Å². The van der Waals surface area contributed by atoms with Crippen molar-refractivity contribution in [1.82, 2.24) is 20.4 Å². The minimum atomic E-state index is -0.705. The van der Waals surface area contributed by atoms with E-state index in [9.17, 15) is 14.4 Å². The molecule has 2 heterocycles. The summed E-state index contributed by atoms with van der Waals surface area (Å²) in [5, 5.41) is 4.56. The predicted molar refractivity (Wildman–Crippen MR) is 110 cm³/mol. The Hall–Kier alpha value is -3.68. The van der Waals surface area contributed by atoms with Crippen molar-refractivity contribution in [2.45, 2.75) is 32.2 Å². The van der Waals surface area contributed by atoms with Crippen molar-refractivity contribution >= 4 is 28.4 Å². The molecule has 4 rings (SSSR count). The molecule has 0 radical (unpaired) electrons. The van der Waals surface area contributed by atoms with E-state index in [4.69, 9.17) is 0 Å². The van der Waals surface area contributed by atoms with Gasteiger partial charge in [0.15, 0.2) is 0 Å². The molecule has 3 aromatic rings. The molecule has 2 aromatic carbocycles. The summed E-state index contributed by atoms with van der Waals surface area (Å²) >= 11 is 0. The van der Waals surface area contributed by atoms with Gasteiger partial charge in [-0.1, -0.05) is 36.4 Å². The van der Waals surface area contributed by atoms with Crippen LogP contribution in [0.1, 0.15) is 42.0 Å². The van der Waals surface area contributed by atoms with Crippen molar-refractivity contribution in [3.63, 3.8) is 0 Å². The molecule has 1 aliphatic rings. The van der Waals surface area contributed by atoms with Gasteiger partial charge in [0.25, 0.3) is 11.5 Å². The second kappa shape index (κ2) is 7.75. The molecule has 0 saturated heterocycles. The molecule has 1 aromatic heterocycles. The molecule has 3 amide bonds. The van der Waals surface area contributed by atoms with E-state index in [0.29, 0.717) is 17.9 Å². The number of aryl methyl sites for hydroxylation is 1. The number of hydrazine groups is 1. The average Bonchev–Trinajstić information content (AvgIpc) is 2.72. The number of anilines is 1.